The van der Waals surface area contributed by atoms with E-state index in [1.54, 1.807) is 6.20 Å². The first-order valence-electron chi connectivity index (χ1n) is 5.49. The van der Waals surface area contributed by atoms with Crippen LogP contribution in [-0.4, -0.2) is 23.3 Å². The van der Waals surface area contributed by atoms with Gasteiger partial charge < -0.3 is 4.90 Å². The van der Waals surface area contributed by atoms with Gasteiger partial charge in [-0.05, 0) is 25.2 Å². The summed E-state index contributed by atoms with van der Waals surface area (Å²) in [6.07, 6.45) is 5.62. The lowest BCUT2D eigenvalue weighted by molar-refractivity contribution is 0.521. The first-order chi connectivity index (χ1) is 7.25. The van der Waals surface area contributed by atoms with E-state index in [9.17, 15) is 0 Å². The van der Waals surface area contributed by atoms with Crippen molar-refractivity contribution >= 4 is 17.3 Å². The molecule has 0 N–H and O–H groups in total. The van der Waals surface area contributed by atoms with Gasteiger partial charge in [0.25, 0.3) is 0 Å². The van der Waals surface area contributed by atoms with Crippen LogP contribution in [0.3, 0.4) is 0 Å². The van der Waals surface area contributed by atoms with E-state index in [1.807, 2.05) is 6.07 Å². The zero-order valence-electron chi connectivity index (χ0n) is 8.99. The maximum Gasteiger partial charge on any atom is 0.153 e. The first-order valence-corrected chi connectivity index (χ1v) is 5.86. The molecule has 0 radical (unpaired) electrons. The van der Waals surface area contributed by atoms with Crippen molar-refractivity contribution in [2.24, 2.45) is 5.92 Å². The van der Waals surface area contributed by atoms with Crippen molar-refractivity contribution < 1.29 is 0 Å². The Bertz CT molecular complexity index is 329. The van der Waals surface area contributed by atoms with Gasteiger partial charge in [0.2, 0.25) is 0 Å². The Morgan fingerprint density at radius 2 is 2.27 bits per heavy atom. The fourth-order valence-electron chi connectivity index (χ4n) is 2.03. The number of halogens is 1. The first kappa shape index (κ1) is 10.7. The van der Waals surface area contributed by atoms with Crippen molar-refractivity contribution in [2.45, 2.75) is 26.2 Å². The molecule has 3 nitrogen and oxygen atoms in total. The normalized spacial score (nSPS) is 22.5. The average Bonchev–Trinajstić information content (AvgIpc) is 2.43. The fraction of sp³-hybridized carbons (Fsp3) is 0.636. The molecule has 1 aromatic heterocycles. The van der Waals surface area contributed by atoms with E-state index in [2.05, 4.69) is 22.0 Å². The van der Waals surface area contributed by atoms with E-state index in [4.69, 9.17) is 11.6 Å². The minimum absolute atomic E-state index is 0.477. The molecule has 0 aliphatic carbocycles. The molecule has 0 amide bonds. The van der Waals surface area contributed by atoms with Crippen molar-refractivity contribution in [3.8, 4) is 0 Å². The highest BCUT2D eigenvalue weighted by molar-refractivity contribution is 6.29. The zero-order valence-corrected chi connectivity index (χ0v) is 9.74. The molecule has 82 valence electrons. The summed E-state index contributed by atoms with van der Waals surface area (Å²) < 4.78 is 0. The van der Waals surface area contributed by atoms with Gasteiger partial charge in [0, 0.05) is 19.2 Å². The maximum absolute atomic E-state index is 5.83. The molecule has 1 fully saturated rings. The van der Waals surface area contributed by atoms with Gasteiger partial charge >= 0.3 is 0 Å². The molecular weight excluding hydrogens is 210 g/mol. The fourth-order valence-corrected chi connectivity index (χ4v) is 2.18. The topological polar surface area (TPSA) is 29.0 Å². The summed E-state index contributed by atoms with van der Waals surface area (Å²) in [5.41, 5.74) is 1.10. The smallest absolute Gasteiger partial charge is 0.153 e. The standard InChI is InChI=1S/C11H16ClN3/c1-9-3-2-5-15(6-4-9)10-7-11(12)14-13-8-10/h7-9H,2-6H2,1H3. The predicted octanol–water partition coefficient (Wildman–Crippen LogP) is 2.76. The van der Waals surface area contributed by atoms with Crippen LogP contribution in [0, 0.1) is 5.92 Å². The molecule has 1 saturated heterocycles. The van der Waals surface area contributed by atoms with Gasteiger partial charge in [0.1, 0.15) is 0 Å². The summed E-state index contributed by atoms with van der Waals surface area (Å²) in [4.78, 5) is 2.35. The Morgan fingerprint density at radius 3 is 3.07 bits per heavy atom. The third-order valence-corrected chi connectivity index (χ3v) is 3.18. The van der Waals surface area contributed by atoms with E-state index in [-0.39, 0.29) is 0 Å². The molecule has 2 heterocycles. The minimum atomic E-state index is 0.477. The van der Waals surface area contributed by atoms with Crippen LogP contribution in [0.15, 0.2) is 12.3 Å². The van der Waals surface area contributed by atoms with Crippen LogP contribution >= 0.6 is 11.6 Å². The van der Waals surface area contributed by atoms with Gasteiger partial charge in [-0.25, -0.2) is 0 Å². The van der Waals surface area contributed by atoms with Gasteiger partial charge in [0.15, 0.2) is 5.15 Å². The quantitative estimate of drug-likeness (QED) is 0.736. The molecule has 0 saturated carbocycles. The summed E-state index contributed by atoms with van der Waals surface area (Å²) in [6.45, 7) is 4.52. The lowest BCUT2D eigenvalue weighted by Gasteiger charge is -2.21. The van der Waals surface area contributed by atoms with Crippen LogP contribution in [-0.2, 0) is 0 Å². The largest absolute Gasteiger partial charge is 0.370 e. The number of nitrogens with zero attached hydrogens (tertiary/aromatic N) is 3. The molecule has 0 aromatic carbocycles. The molecule has 1 aromatic rings. The molecule has 4 heteroatoms. The van der Waals surface area contributed by atoms with Gasteiger partial charge in [-0.2, -0.15) is 5.10 Å². The zero-order chi connectivity index (χ0) is 10.7. The monoisotopic (exact) mass is 225 g/mol. The highest BCUT2D eigenvalue weighted by Crippen LogP contribution is 2.22. The Hall–Kier alpha value is -0.830. The summed E-state index contributed by atoms with van der Waals surface area (Å²) in [5, 5.41) is 8.12. The summed E-state index contributed by atoms with van der Waals surface area (Å²) in [5.74, 6) is 0.834. The van der Waals surface area contributed by atoms with E-state index >= 15 is 0 Å². The number of hydrogen-bond acceptors (Lipinski definition) is 3. The van der Waals surface area contributed by atoms with Crippen LogP contribution < -0.4 is 4.90 Å². The molecular formula is C11H16ClN3. The molecule has 1 atom stereocenters. The molecule has 1 aliphatic rings. The van der Waals surface area contributed by atoms with E-state index < -0.39 is 0 Å². The SMILES string of the molecule is CC1CCCN(c2cnnc(Cl)c2)CC1. The molecule has 15 heavy (non-hydrogen) atoms. The van der Waals surface area contributed by atoms with Crippen molar-refractivity contribution in [3.63, 3.8) is 0 Å². The second-order valence-electron chi connectivity index (χ2n) is 4.26. The predicted molar refractivity (Wildman–Crippen MR) is 62.3 cm³/mol. The number of hydrogen-bond donors (Lipinski definition) is 0. The van der Waals surface area contributed by atoms with Gasteiger partial charge in [0.05, 0.1) is 11.9 Å². The van der Waals surface area contributed by atoms with E-state index in [0.29, 0.717) is 5.15 Å². The van der Waals surface area contributed by atoms with Crippen molar-refractivity contribution in [1.82, 2.24) is 10.2 Å². The third-order valence-electron chi connectivity index (χ3n) is 2.99. The Morgan fingerprint density at radius 1 is 1.40 bits per heavy atom. The average molecular weight is 226 g/mol. The molecule has 1 aliphatic heterocycles. The maximum atomic E-state index is 5.83. The second-order valence-corrected chi connectivity index (χ2v) is 4.65. The highest BCUT2D eigenvalue weighted by Gasteiger charge is 2.14. The Balaban J connectivity index is 2.09. The van der Waals surface area contributed by atoms with Gasteiger partial charge in [-0.15, -0.1) is 5.10 Å². The summed E-state index contributed by atoms with van der Waals surface area (Å²) in [7, 11) is 0. The lowest BCUT2D eigenvalue weighted by Crippen LogP contribution is -2.24. The highest BCUT2D eigenvalue weighted by atomic mass is 35.5. The molecule has 0 bridgehead atoms. The van der Waals surface area contributed by atoms with Crippen LogP contribution in [0.4, 0.5) is 5.69 Å². The van der Waals surface area contributed by atoms with Crippen molar-refractivity contribution in [3.05, 3.63) is 17.4 Å². The summed E-state index contributed by atoms with van der Waals surface area (Å²) >= 11 is 5.83. The number of anilines is 1. The van der Waals surface area contributed by atoms with Crippen LogP contribution in [0.1, 0.15) is 26.2 Å². The van der Waals surface area contributed by atoms with Crippen molar-refractivity contribution in [2.75, 3.05) is 18.0 Å². The van der Waals surface area contributed by atoms with E-state index in [1.165, 1.54) is 19.3 Å². The van der Waals surface area contributed by atoms with Crippen LogP contribution in [0.5, 0.6) is 0 Å². The third kappa shape index (κ3) is 2.81. The Kier molecular flexibility index (Phi) is 3.41. The van der Waals surface area contributed by atoms with Gasteiger partial charge in [-0.1, -0.05) is 18.5 Å². The summed E-state index contributed by atoms with van der Waals surface area (Å²) in [6, 6.07) is 1.89. The lowest BCUT2D eigenvalue weighted by atomic mass is 10.0. The van der Waals surface area contributed by atoms with Crippen LogP contribution in [0.25, 0.3) is 0 Å². The minimum Gasteiger partial charge on any atom is -0.370 e. The molecule has 0 spiro atoms. The molecule has 2 rings (SSSR count). The Labute approximate surface area is 95.5 Å². The number of aromatic nitrogens is 2. The van der Waals surface area contributed by atoms with E-state index in [0.717, 1.165) is 24.7 Å². The second kappa shape index (κ2) is 4.79. The van der Waals surface area contributed by atoms with Gasteiger partial charge in [-0.3, -0.25) is 0 Å². The number of rotatable bonds is 1. The van der Waals surface area contributed by atoms with Crippen LogP contribution in [0.2, 0.25) is 5.15 Å². The van der Waals surface area contributed by atoms with Crippen molar-refractivity contribution in [1.29, 1.82) is 0 Å². The molecule has 1 unspecified atom stereocenters.